The van der Waals surface area contributed by atoms with Gasteiger partial charge in [0.15, 0.2) is 0 Å². The Kier molecular flexibility index (Phi) is 5.23. The van der Waals surface area contributed by atoms with Crippen LogP contribution in [0.4, 0.5) is 0 Å². The van der Waals surface area contributed by atoms with Crippen molar-refractivity contribution in [1.82, 2.24) is 15.1 Å². The first kappa shape index (κ1) is 15.8. The zero-order chi connectivity index (χ0) is 14.8. The van der Waals surface area contributed by atoms with Gasteiger partial charge in [-0.15, -0.1) is 0 Å². The molecule has 3 aliphatic rings. The van der Waals surface area contributed by atoms with Gasteiger partial charge >= 0.3 is 0 Å². The largest absolute Gasteiger partial charge is 0.314 e. The van der Waals surface area contributed by atoms with E-state index in [2.05, 4.69) is 35.9 Å². The Balaban J connectivity index is 1.51. The summed E-state index contributed by atoms with van der Waals surface area (Å²) in [5.74, 6) is 2.62. The van der Waals surface area contributed by atoms with E-state index in [1.165, 1.54) is 58.4 Å². The Labute approximate surface area is 131 Å². The van der Waals surface area contributed by atoms with E-state index in [0.29, 0.717) is 0 Å². The van der Waals surface area contributed by atoms with E-state index in [1.54, 1.807) is 0 Å². The first-order valence-corrected chi connectivity index (χ1v) is 9.37. The first-order chi connectivity index (χ1) is 10.2. The molecule has 0 aromatic carbocycles. The minimum absolute atomic E-state index is 0.746. The zero-order valence-corrected chi connectivity index (χ0v) is 14.4. The van der Waals surface area contributed by atoms with Crippen molar-refractivity contribution in [2.45, 2.75) is 58.5 Å². The van der Waals surface area contributed by atoms with E-state index in [1.807, 2.05) is 0 Å². The molecule has 0 bridgehead atoms. The molecule has 0 radical (unpaired) electrons. The van der Waals surface area contributed by atoms with Crippen LogP contribution in [-0.2, 0) is 0 Å². The highest BCUT2D eigenvalue weighted by atomic mass is 15.3. The molecule has 3 nitrogen and oxygen atoms in total. The molecule has 3 fully saturated rings. The lowest BCUT2D eigenvalue weighted by atomic mass is 9.72. The lowest BCUT2D eigenvalue weighted by Gasteiger charge is -2.44. The van der Waals surface area contributed by atoms with Crippen molar-refractivity contribution >= 4 is 0 Å². The third-order valence-corrected chi connectivity index (χ3v) is 6.08. The molecule has 4 atom stereocenters. The number of rotatable bonds is 5. The Morgan fingerprint density at radius 2 is 1.71 bits per heavy atom. The Hall–Kier alpha value is -0.120. The zero-order valence-electron chi connectivity index (χ0n) is 14.4. The van der Waals surface area contributed by atoms with Gasteiger partial charge in [-0.1, -0.05) is 20.8 Å². The summed E-state index contributed by atoms with van der Waals surface area (Å²) in [6.45, 7) is 14.9. The van der Waals surface area contributed by atoms with Gasteiger partial charge in [-0.25, -0.2) is 0 Å². The van der Waals surface area contributed by atoms with Crippen LogP contribution in [0.2, 0.25) is 0 Å². The second-order valence-corrected chi connectivity index (χ2v) is 7.95. The molecule has 1 saturated heterocycles. The van der Waals surface area contributed by atoms with Crippen LogP contribution in [0.15, 0.2) is 0 Å². The number of hydrogen-bond donors (Lipinski definition) is 1. The Bertz CT molecular complexity index is 320. The van der Waals surface area contributed by atoms with Crippen molar-refractivity contribution in [3.05, 3.63) is 0 Å². The second-order valence-electron chi connectivity index (χ2n) is 7.95. The number of piperazine rings is 1. The molecule has 0 spiro atoms. The van der Waals surface area contributed by atoms with E-state index in [-0.39, 0.29) is 0 Å². The lowest BCUT2D eigenvalue weighted by Crippen LogP contribution is -2.53. The van der Waals surface area contributed by atoms with Crippen molar-refractivity contribution in [3.63, 3.8) is 0 Å². The highest BCUT2D eigenvalue weighted by molar-refractivity contribution is 4.92. The fourth-order valence-electron chi connectivity index (χ4n) is 4.76. The Morgan fingerprint density at radius 1 is 1.00 bits per heavy atom. The van der Waals surface area contributed by atoms with Crippen LogP contribution in [0.5, 0.6) is 0 Å². The normalized spacial score (nSPS) is 39.6. The molecule has 4 unspecified atom stereocenters. The molecular weight excluding hydrogens is 258 g/mol. The van der Waals surface area contributed by atoms with Gasteiger partial charge in [0.05, 0.1) is 0 Å². The van der Waals surface area contributed by atoms with Gasteiger partial charge in [-0.2, -0.15) is 0 Å². The van der Waals surface area contributed by atoms with Crippen molar-refractivity contribution in [3.8, 4) is 0 Å². The fraction of sp³-hybridized carbons (Fsp3) is 1.00. The van der Waals surface area contributed by atoms with Gasteiger partial charge in [0.1, 0.15) is 0 Å². The van der Waals surface area contributed by atoms with Gasteiger partial charge < -0.3 is 10.2 Å². The minimum Gasteiger partial charge on any atom is -0.314 e. The summed E-state index contributed by atoms with van der Waals surface area (Å²) in [5.41, 5.74) is 0. The highest BCUT2D eigenvalue weighted by Gasteiger charge is 2.36. The summed E-state index contributed by atoms with van der Waals surface area (Å²) in [5, 5.41) is 3.78. The van der Waals surface area contributed by atoms with Crippen LogP contribution >= 0.6 is 0 Å². The van der Waals surface area contributed by atoms with E-state index in [9.17, 15) is 0 Å². The van der Waals surface area contributed by atoms with Gasteiger partial charge in [0.25, 0.3) is 0 Å². The summed E-state index contributed by atoms with van der Waals surface area (Å²) in [7, 11) is 0. The maximum atomic E-state index is 3.78. The molecule has 3 heteroatoms. The van der Waals surface area contributed by atoms with Gasteiger partial charge in [0.2, 0.25) is 0 Å². The second kappa shape index (κ2) is 6.97. The summed E-state index contributed by atoms with van der Waals surface area (Å²) < 4.78 is 0. The number of nitrogens with one attached hydrogen (secondary N) is 1. The third kappa shape index (κ3) is 4.00. The smallest absolute Gasteiger partial charge is 0.0113 e. The third-order valence-electron chi connectivity index (χ3n) is 6.08. The van der Waals surface area contributed by atoms with Crippen molar-refractivity contribution < 1.29 is 0 Å². The average molecular weight is 293 g/mol. The molecule has 3 rings (SSSR count). The van der Waals surface area contributed by atoms with Gasteiger partial charge in [-0.05, 0) is 50.0 Å². The molecule has 1 N–H and O–H groups in total. The van der Waals surface area contributed by atoms with Gasteiger partial charge in [0, 0.05) is 44.8 Å². The van der Waals surface area contributed by atoms with Crippen molar-refractivity contribution in [1.29, 1.82) is 0 Å². The van der Waals surface area contributed by atoms with Crippen LogP contribution in [-0.4, -0.2) is 61.2 Å². The average Bonchev–Trinajstić information content (AvgIpc) is 3.28. The molecule has 2 saturated carbocycles. The number of nitrogens with zero attached hydrogens (tertiary/aromatic N) is 2. The number of hydrogen-bond acceptors (Lipinski definition) is 3. The molecule has 0 amide bonds. The molecule has 1 heterocycles. The molecular formula is C18H35N3. The molecule has 21 heavy (non-hydrogen) atoms. The quantitative estimate of drug-likeness (QED) is 0.840. The van der Waals surface area contributed by atoms with Gasteiger partial charge in [-0.3, -0.25) is 4.90 Å². The van der Waals surface area contributed by atoms with E-state index in [0.717, 1.165) is 36.4 Å². The van der Waals surface area contributed by atoms with E-state index >= 15 is 0 Å². The van der Waals surface area contributed by atoms with Crippen LogP contribution < -0.4 is 5.32 Å². The predicted octanol–water partition coefficient (Wildman–Crippen LogP) is 2.43. The fourth-order valence-corrected chi connectivity index (χ4v) is 4.76. The monoisotopic (exact) mass is 293 g/mol. The molecule has 122 valence electrons. The van der Waals surface area contributed by atoms with Crippen molar-refractivity contribution in [2.24, 2.45) is 17.8 Å². The molecule has 2 aliphatic carbocycles. The standard InChI is InChI=1S/C18H35N3/c1-4-19-18-12-14(2)11-15(3)17(18)13-20-7-9-21(10-8-20)16-5-6-16/h14-19H,4-13H2,1-3H3. The first-order valence-electron chi connectivity index (χ1n) is 9.37. The van der Waals surface area contributed by atoms with E-state index < -0.39 is 0 Å². The molecule has 0 aromatic heterocycles. The lowest BCUT2D eigenvalue weighted by molar-refractivity contribution is 0.0663. The minimum atomic E-state index is 0.746. The van der Waals surface area contributed by atoms with Crippen LogP contribution in [0.1, 0.15) is 46.5 Å². The SMILES string of the molecule is CCNC1CC(C)CC(C)C1CN1CCN(C2CC2)CC1. The topological polar surface area (TPSA) is 18.5 Å². The summed E-state index contributed by atoms with van der Waals surface area (Å²) >= 11 is 0. The van der Waals surface area contributed by atoms with Crippen LogP contribution in [0, 0.1) is 17.8 Å². The van der Waals surface area contributed by atoms with Crippen LogP contribution in [0.25, 0.3) is 0 Å². The molecule has 0 aromatic rings. The summed E-state index contributed by atoms with van der Waals surface area (Å²) in [6.07, 6.45) is 5.72. The molecule has 1 aliphatic heterocycles. The van der Waals surface area contributed by atoms with Crippen LogP contribution in [0.3, 0.4) is 0 Å². The summed E-state index contributed by atoms with van der Waals surface area (Å²) in [4.78, 5) is 5.48. The maximum absolute atomic E-state index is 3.78. The maximum Gasteiger partial charge on any atom is 0.0113 e. The summed E-state index contributed by atoms with van der Waals surface area (Å²) in [6, 6.07) is 1.70. The van der Waals surface area contributed by atoms with E-state index in [4.69, 9.17) is 0 Å². The predicted molar refractivity (Wildman–Crippen MR) is 89.6 cm³/mol. The highest BCUT2D eigenvalue weighted by Crippen LogP contribution is 2.35. The Morgan fingerprint density at radius 3 is 2.33 bits per heavy atom. The van der Waals surface area contributed by atoms with Crippen molar-refractivity contribution in [2.75, 3.05) is 39.3 Å².